The van der Waals surface area contributed by atoms with Gasteiger partial charge < -0.3 is 5.32 Å². The SMILES string of the molecule is O=C(NNC(=O)c1csc2c1CCCC2)Nc1cccc(Cl)c1. The normalized spacial score (nSPS) is 13.1. The van der Waals surface area contributed by atoms with Crippen molar-refractivity contribution in [3.8, 4) is 0 Å². The van der Waals surface area contributed by atoms with Gasteiger partial charge in [-0.1, -0.05) is 17.7 Å². The van der Waals surface area contributed by atoms with E-state index in [1.165, 1.54) is 11.3 Å². The minimum atomic E-state index is -0.523. The summed E-state index contributed by atoms with van der Waals surface area (Å²) >= 11 is 7.47. The molecule has 1 heterocycles. The van der Waals surface area contributed by atoms with Gasteiger partial charge in [-0.3, -0.25) is 10.2 Å². The smallest absolute Gasteiger partial charge is 0.307 e. The summed E-state index contributed by atoms with van der Waals surface area (Å²) in [5.74, 6) is -0.286. The second kappa shape index (κ2) is 7.02. The molecule has 3 N–H and O–H groups in total. The number of rotatable bonds is 2. The number of benzene rings is 1. The van der Waals surface area contributed by atoms with Crippen LogP contribution in [-0.4, -0.2) is 11.9 Å². The quantitative estimate of drug-likeness (QED) is 0.723. The van der Waals surface area contributed by atoms with Crippen LogP contribution in [0.3, 0.4) is 0 Å². The molecule has 0 unspecified atom stereocenters. The molecule has 7 heteroatoms. The number of hydrogen-bond donors (Lipinski definition) is 3. The fourth-order valence-electron chi connectivity index (χ4n) is 2.59. The first-order valence-electron chi connectivity index (χ1n) is 7.35. The summed E-state index contributed by atoms with van der Waals surface area (Å²) in [6.07, 6.45) is 4.24. The number of carbonyl (C=O) groups is 2. The lowest BCUT2D eigenvalue weighted by molar-refractivity contribution is 0.0937. The molecule has 0 radical (unpaired) electrons. The number of hydrazine groups is 1. The molecule has 2 aromatic rings. The summed E-state index contributed by atoms with van der Waals surface area (Å²) in [6, 6.07) is 6.26. The van der Waals surface area contributed by atoms with Crippen molar-refractivity contribution in [2.24, 2.45) is 0 Å². The number of anilines is 1. The first-order chi connectivity index (χ1) is 11.1. The van der Waals surface area contributed by atoms with Crippen LogP contribution in [-0.2, 0) is 12.8 Å². The summed E-state index contributed by atoms with van der Waals surface area (Å²) in [5, 5.41) is 4.99. The molecular formula is C16H16ClN3O2S. The second-order valence-corrected chi connectivity index (χ2v) is 6.70. The largest absolute Gasteiger partial charge is 0.337 e. The third-order valence-electron chi connectivity index (χ3n) is 3.68. The van der Waals surface area contributed by atoms with Crippen molar-refractivity contribution in [3.63, 3.8) is 0 Å². The van der Waals surface area contributed by atoms with Gasteiger partial charge in [-0.05, 0) is 49.4 Å². The van der Waals surface area contributed by atoms with Gasteiger partial charge in [-0.2, -0.15) is 0 Å². The average Bonchev–Trinajstić information content (AvgIpc) is 2.97. The van der Waals surface area contributed by atoms with Crippen molar-refractivity contribution in [1.82, 2.24) is 10.9 Å². The van der Waals surface area contributed by atoms with Crippen molar-refractivity contribution in [2.45, 2.75) is 25.7 Å². The molecule has 23 heavy (non-hydrogen) atoms. The molecule has 0 spiro atoms. The van der Waals surface area contributed by atoms with Gasteiger partial charge in [0.1, 0.15) is 0 Å². The highest BCUT2D eigenvalue weighted by atomic mass is 35.5. The molecule has 1 aliphatic carbocycles. The maximum Gasteiger partial charge on any atom is 0.337 e. The number of amides is 3. The minimum absolute atomic E-state index is 0.286. The van der Waals surface area contributed by atoms with Crippen molar-refractivity contribution >= 4 is 40.6 Å². The Hall–Kier alpha value is -2.05. The molecule has 3 amide bonds. The summed E-state index contributed by atoms with van der Waals surface area (Å²) in [5.41, 5.74) is 7.13. The van der Waals surface area contributed by atoms with E-state index in [1.807, 2.05) is 5.38 Å². The maximum atomic E-state index is 12.2. The van der Waals surface area contributed by atoms with E-state index < -0.39 is 6.03 Å². The van der Waals surface area contributed by atoms with Crippen molar-refractivity contribution in [2.75, 3.05) is 5.32 Å². The molecule has 3 rings (SSSR count). The fourth-order valence-corrected chi connectivity index (χ4v) is 3.91. The summed E-state index contributed by atoms with van der Waals surface area (Å²) in [4.78, 5) is 25.3. The van der Waals surface area contributed by atoms with Crippen molar-refractivity contribution in [3.05, 3.63) is 50.7 Å². The molecule has 1 aromatic heterocycles. The third-order valence-corrected chi connectivity index (χ3v) is 5.00. The van der Waals surface area contributed by atoms with Crippen LogP contribution in [0.4, 0.5) is 10.5 Å². The molecule has 5 nitrogen and oxygen atoms in total. The van der Waals surface area contributed by atoms with Crippen molar-refractivity contribution in [1.29, 1.82) is 0 Å². The number of halogens is 1. The first-order valence-corrected chi connectivity index (χ1v) is 8.61. The number of nitrogens with one attached hydrogen (secondary N) is 3. The van der Waals surface area contributed by atoms with E-state index in [-0.39, 0.29) is 5.91 Å². The van der Waals surface area contributed by atoms with E-state index in [1.54, 1.807) is 35.6 Å². The Labute approximate surface area is 143 Å². The molecule has 0 atom stereocenters. The van der Waals surface area contributed by atoms with Gasteiger partial charge in [0.25, 0.3) is 5.91 Å². The molecule has 0 fully saturated rings. The maximum absolute atomic E-state index is 12.2. The van der Waals surface area contributed by atoms with Gasteiger partial charge in [0.05, 0.1) is 5.56 Å². The van der Waals surface area contributed by atoms with Crippen LogP contribution < -0.4 is 16.2 Å². The van der Waals surface area contributed by atoms with Crippen LogP contribution in [0.5, 0.6) is 0 Å². The predicted molar refractivity (Wildman–Crippen MR) is 92.0 cm³/mol. The summed E-state index contributed by atoms with van der Waals surface area (Å²) in [7, 11) is 0. The molecule has 0 saturated carbocycles. The lowest BCUT2D eigenvalue weighted by Crippen LogP contribution is -2.44. The van der Waals surface area contributed by atoms with Crippen LogP contribution in [0.2, 0.25) is 5.02 Å². The Kier molecular flexibility index (Phi) is 4.83. The van der Waals surface area contributed by atoms with Gasteiger partial charge in [-0.15, -0.1) is 11.3 Å². The van der Waals surface area contributed by atoms with Crippen LogP contribution in [0, 0.1) is 0 Å². The van der Waals surface area contributed by atoms with Gasteiger partial charge >= 0.3 is 6.03 Å². The number of urea groups is 1. The second-order valence-electron chi connectivity index (χ2n) is 5.30. The highest BCUT2D eigenvalue weighted by molar-refractivity contribution is 7.10. The zero-order valence-corrected chi connectivity index (χ0v) is 13.9. The lowest BCUT2D eigenvalue weighted by atomic mass is 9.96. The zero-order chi connectivity index (χ0) is 16.2. The van der Waals surface area contributed by atoms with E-state index in [2.05, 4.69) is 16.2 Å². The Morgan fingerprint density at radius 3 is 2.78 bits per heavy atom. The van der Waals surface area contributed by atoms with Gasteiger partial charge in [0.2, 0.25) is 0 Å². The fraction of sp³-hybridized carbons (Fsp3) is 0.250. The zero-order valence-electron chi connectivity index (χ0n) is 12.3. The van der Waals surface area contributed by atoms with E-state index >= 15 is 0 Å². The molecule has 0 saturated heterocycles. The highest BCUT2D eigenvalue weighted by Crippen LogP contribution is 2.29. The number of thiophene rings is 1. The molecule has 0 aliphatic heterocycles. The molecule has 120 valence electrons. The lowest BCUT2D eigenvalue weighted by Gasteiger charge is -2.13. The Bertz CT molecular complexity index is 745. The van der Waals surface area contributed by atoms with Crippen LogP contribution in [0.15, 0.2) is 29.6 Å². The Morgan fingerprint density at radius 1 is 1.13 bits per heavy atom. The summed E-state index contributed by atoms with van der Waals surface area (Å²) in [6.45, 7) is 0. The molecular weight excluding hydrogens is 334 g/mol. The first kappa shape index (κ1) is 15.8. The number of fused-ring (bicyclic) bond motifs is 1. The van der Waals surface area contributed by atoms with Crippen LogP contribution in [0.1, 0.15) is 33.6 Å². The van der Waals surface area contributed by atoms with Gasteiger partial charge in [0.15, 0.2) is 0 Å². The van der Waals surface area contributed by atoms with E-state index in [4.69, 9.17) is 11.6 Å². The van der Waals surface area contributed by atoms with Gasteiger partial charge in [0, 0.05) is 21.0 Å². The standard InChI is InChI=1S/C16H16ClN3O2S/c17-10-4-3-5-11(8-10)18-16(22)20-19-15(21)13-9-23-14-7-2-1-6-12(13)14/h3-5,8-9H,1-2,6-7H2,(H,19,21)(H2,18,20,22). The van der Waals surface area contributed by atoms with Gasteiger partial charge in [-0.25, -0.2) is 10.2 Å². The molecule has 0 bridgehead atoms. The molecule has 1 aliphatic rings. The highest BCUT2D eigenvalue weighted by Gasteiger charge is 2.20. The van der Waals surface area contributed by atoms with E-state index in [9.17, 15) is 9.59 Å². The van der Waals surface area contributed by atoms with Crippen molar-refractivity contribution < 1.29 is 9.59 Å². The van der Waals surface area contributed by atoms with Crippen LogP contribution >= 0.6 is 22.9 Å². The number of aryl methyl sites for hydroxylation is 1. The predicted octanol–water partition coefficient (Wildman–Crippen LogP) is 3.75. The van der Waals surface area contributed by atoms with E-state index in [0.29, 0.717) is 16.3 Å². The van der Waals surface area contributed by atoms with E-state index in [0.717, 1.165) is 24.8 Å². The number of hydrogen-bond acceptors (Lipinski definition) is 3. The summed E-state index contributed by atoms with van der Waals surface area (Å²) < 4.78 is 0. The minimum Gasteiger partial charge on any atom is -0.307 e. The topological polar surface area (TPSA) is 70.2 Å². The Morgan fingerprint density at radius 2 is 1.96 bits per heavy atom. The molecule has 1 aromatic carbocycles. The van der Waals surface area contributed by atoms with Crippen LogP contribution in [0.25, 0.3) is 0 Å². The monoisotopic (exact) mass is 349 g/mol. The average molecular weight is 350 g/mol. The Balaban J connectivity index is 1.56. The third kappa shape index (κ3) is 3.83. The number of carbonyl (C=O) groups excluding carboxylic acids is 2.